The summed E-state index contributed by atoms with van der Waals surface area (Å²) in [7, 11) is 0. The summed E-state index contributed by atoms with van der Waals surface area (Å²) in [6, 6.07) is 4.89. The van der Waals surface area contributed by atoms with Gasteiger partial charge in [0, 0.05) is 23.4 Å². The number of ether oxygens (including phenoxy) is 1. The van der Waals surface area contributed by atoms with Crippen LogP contribution in [0.25, 0.3) is 0 Å². The molecular formula is C15H22N2O3. The Morgan fingerprint density at radius 1 is 1.40 bits per heavy atom. The molecule has 0 aliphatic heterocycles. The minimum atomic E-state index is -0.381. The van der Waals surface area contributed by atoms with Crippen molar-refractivity contribution in [3.63, 3.8) is 0 Å². The van der Waals surface area contributed by atoms with E-state index in [1.165, 1.54) is 18.9 Å². The van der Waals surface area contributed by atoms with Crippen molar-refractivity contribution in [3.8, 4) is 5.75 Å². The summed E-state index contributed by atoms with van der Waals surface area (Å²) >= 11 is 0. The monoisotopic (exact) mass is 278 g/mol. The van der Waals surface area contributed by atoms with E-state index in [4.69, 9.17) is 4.74 Å². The molecule has 0 atom stereocenters. The minimum Gasteiger partial charge on any atom is -0.493 e. The molecule has 5 heteroatoms. The first-order valence-corrected chi connectivity index (χ1v) is 7.13. The summed E-state index contributed by atoms with van der Waals surface area (Å²) in [6.07, 6.45) is 3.31. The van der Waals surface area contributed by atoms with Crippen LogP contribution in [0.2, 0.25) is 0 Å². The van der Waals surface area contributed by atoms with E-state index in [1.54, 1.807) is 6.07 Å². The second kappa shape index (κ2) is 5.69. The molecule has 0 heterocycles. The Morgan fingerprint density at radius 3 is 2.65 bits per heavy atom. The van der Waals surface area contributed by atoms with E-state index in [9.17, 15) is 10.1 Å². The minimum absolute atomic E-state index is 0.0444. The van der Waals surface area contributed by atoms with Crippen molar-refractivity contribution >= 4 is 11.4 Å². The number of benzene rings is 1. The van der Waals surface area contributed by atoms with Gasteiger partial charge in [0.1, 0.15) is 5.75 Å². The lowest BCUT2D eigenvalue weighted by molar-refractivity contribution is -0.384. The topological polar surface area (TPSA) is 64.4 Å². The fraction of sp³-hybridized carbons (Fsp3) is 0.600. The first-order chi connectivity index (χ1) is 9.42. The summed E-state index contributed by atoms with van der Waals surface area (Å²) in [6.45, 7) is 6.84. The third-order valence-electron chi connectivity index (χ3n) is 3.64. The van der Waals surface area contributed by atoms with Gasteiger partial charge in [0.05, 0.1) is 17.6 Å². The zero-order chi connectivity index (χ0) is 14.8. The third kappa shape index (κ3) is 3.62. The first kappa shape index (κ1) is 14.6. The van der Waals surface area contributed by atoms with Gasteiger partial charge in [-0.15, -0.1) is 0 Å². The van der Waals surface area contributed by atoms with E-state index in [-0.39, 0.29) is 16.1 Å². The number of nitrogens with zero attached hydrogens (tertiary/aromatic N) is 1. The van der Waals surface area contributed by atoms with Crippen molar-refractivity contribution < 1.29 is 9.66 Å². The van der Waals surface area contributed by atoms with Crippen LogP contribution in [0.4, 0.5) is 11.4 Å². The van der Waals surface area contributed by atoms with Crippen molar-refractivity contribution in [1.29, 1.82) is 0 Å². The largest absolute Gasteiger partial charge is 0.493 e. The van der Waals surface area contributed by atoms with E-state index in [2.05, 4.69) is 19.2 Å². The second-order valence-electron chi connectivity index (χ2n) is 5.94. The highest BCUT2D eigenvalue weighted by molar-refractivity contribution is 5.57. The van der Waals surface area contributed by atoms with Crippen molar-refractivity contribution in [1.82, 2.24) is 0 Å². The molecule has 5 nitrogen and oxygen atoms in total. The van der Waals surface area contributed by atoms with Gasteiger partial charge >= 0.3 is 0 Å². The van der Waals surface area contributed by atoms with E-state index in [0.29, 0.717) is 18.3 Å². The van der Waals surface area contributed by atoms with Gasteiger partial charge < -0.3 is 10.1 Å². The molecule has 0 radical (unpaired) electrons. The molecule has 1 aliphatic carbocycles. The summed E-state index contributed by atoms with van der Waals surface area (Å²) in [5.74, 6) is 1.19. The highest BCUT2D eigenvalue weighted by atomic mass is 16.6. The molecule has 1 aliphatic rings. The normalized spacial score (nSPS) is 14.9. The fourth-order valence-electron chi connectivity index (χ4n) is 2.34. The predicted molar refractivity (Wildman–Crippen MR) is 79.3 cm³/mol. The predicted octanol–water partition coefficient (Wildman–Crippen LogP) is 3.98. The molecule has 0 amide bonds. The first-order valence-electron chi connectivity index (χ1n) is 7.13. The van der Waals surface area contributed by atoms with Crippen LogP contribution >= 0.6 is 0 Å². The van der Waals surface area contributed by atoms with Crippen molar-refractivity contribution in [2.45, 2.75) is 45.6 Å². The van der Waals surface area contributed by atoms with E-state index in [1.807, 2.05) is 13.0 Å². The highest BCUT2D eigenvalue weighted by Gasteiger charge is 2.37. The number of non-ortho nitro benzene ring substituents is 1. The van der Waals surface area contributed by atoms with Gasteiger partial charge in [-0.3, -0.25) is 10.1 Å². The van der Waals surface area contributed by atoms with Crippen LogP contribution < -0.4 is 10.1 Å². The van der Waals surface area contributed by atoms with E-state index in [0.717, 1.165) is 12.1 Å². The Bertz CT molecular complexity index is 496. The number of nitrogens with one attached hydrogen (secondary N) is 1. The Balaban J connectivity index is 2.21. The standard InChI is InChI=1S/C15H22N2O3/c1-4-7-20-14-9-12(8-13(10-14)17(18)19)16-15(2,3)11-5-6-11/h8-11,16H,4-7H2,1-3H3. The molecule has 1 aromatic carbocycles. The third-order valence-corrected chi connectivity index (χ3v) is 3.64. The van der Waals surface area contributed by atoms with Gasteiger partial charge in [-0.05, 0) is 39.0 Å². The summed E-state index contributed by atoms with van der Waals surface area (Å²) in [5.41, 5.74) is 0.770. The van der Waals surface area contributed by atoms with Crippen molar-refractivity contribution in [3.05, 3.63) is 28.3 Å². The van der Waals surface area contributed by atoms with Crippen LogP contribution in [-0.4, -0.2) is 17.1 Å². The molecule has 0 spiro atoms. The fourth-order valence-corrected chi connectivity index (χ4v) is 2.34. The maximum Gasteiger partial charge on any atom is 0.275 e. The van der Waals surface area contributed by atoms with Crippen LogP contribution in [0, 0.1) is 16.0 Å². The molecule has 0 unspecified atom stereocenters. The second-order valence-corrected chi connectivity index (χ2v) is 5.94. The Hall–Kier alpha value is -1.78. The average molecular weight is 278 g/mol. The zero-order valence-electron chi connectivity index (χ0n) is 12.3. The molecule has 1 N–H and O–H groups in total. The lowest BCUT2D eigenvalue weighted by atomic mass is 9.98. The van der Waals surface area contributed by atoms with Crippen LogP contribution in [0.1, 0.15) is 40.0 Å². The quantitative estimate of drug-likeness (QED) is 0.605. The Morgan fingerprint density at radius 2 is 2.10 bits per heavy atom. The van der Waals surface area contributed by atoms with Crippen LogP contribution in [0.3, 0.4) is 0 Å². The number of nitro groups is 1. The van der Waals surface area contributed by atoms with Gasteiger partial charge in [0.2, 0.25) is 0 Å². The van der Waals surface area contributed by atoms with E-state index >= 15 is 0 Å². The lowest BCUT2D eigenvalue weighted by Crippen LogP contribution is -2.33. The summed E-state index contributed by atoms with van der Waals surface area (Å²) in [4.78, 5) is 10.6. The molecule has 1 saturated carbocycles. The molecule has 0 saturated heterocycles. The smallest absolute Gasteiger partial charge is 0.275 e. The molecule has 1 aromatic rings. The molecule has 1 fully saturated rings. The number of rotatable bonds is 7. The SMILES string of the molecule is CCCOc1cc(NC(C)(C)C2CC2)cc([N+](=O)[O-])c1. The van der Waals surface area contributed by atoms with Gasteiger partial charge in [-0.25, -0.2) is 0 Å². The summed E-state index contributed by atoms with van der Waals surface area (Å²) in [5, 5.41) is 14.4. The van der Waals surface area contributed by atoms with Gasteiger partial charge in [0.15, 0.2) is 0 Å². The Kier molecular flexibility index (Phi) is 4.16. The van der Waals surface area contributed by atoms with Crippen LogP contribution in [0.15, 0.2) is 18.2 Å². The van der Waals surface area contributed by atoms with Crippen molar-refractivity contribution in [2.75, 3.05) is 11.9 Å². The zero-order valence-corrected chi connectivity index (χ0v) is 12.3. The highest BCUT2D eigenvalue weighted by Crippen LogP contribution is 2.41. The molecule has 0 bridgehead atoms. The summed E-state index contributed by atoms with van der Waals surface area (Å²) < 4.78 is 5.53. The van der Waals surface area contributed by atoms with Crippen LogP contribution in [0.5, 0.6) is 5.75 Å². The van der Waals surface area contributed by atoms with Gasteiger partial charge in [0.25, 0.3) is 5.69 Å². The number of nitro benzene ring substituents is 1. The molecular weight excluding hydrogens is 256 g/mol. The number of hydrogen-bond donors (Lipinski definition) is 1. The maximum atomic E-state index is 11.0. The number of hydrogen-bond acceptors (Lipinski definition) is 4. The molecule has 0 aromatic heterocycles. The Labute approximate surface area is 119 Å². The number of anilines is 1. The average Bonchev–Trinajstić information content (AvgIpc) is 3.20. The molecule has 110 valence electrons. The van der Waals surface area contributed by atoms with Crippen molar-refractivity contribution in [2.24, 2.45) is 5.92 Å². The van der Waals surface area contributed by atoms with Gasteiger partial charge in [-0.1, -0.05) is 6.92 Å². The van der Waals surface area contributed by atoms with Gasteiger partial charge in [-0.2, -0.15) is 0 Å². The molecule has 20 heavy (non-hydrogen) atoms. The van der Waals surface area contributed by atoms with E-state index < -0.39 is 0 Å². The van der Waals surface area contributed by atoms with Crippen LogP contribution in [-0.2, 0) is 0 Å². The lowest BCUT2D eigenvalue weighted by Gasteiger charge is -2.27. The molecule has 2 rings (SSSR count). The maximum absolute atomic E-state index is 11.0.